The van der Waals surface area contributed by atoms with Crippen LogP contribution in [0.15, 0.2) is 60.7 Å². The van der Waals surface area contributed by atoms with Gasteiger partial charge in [-0.05, 0) is 74.3 Å². The monoisotopic (exact) mass is 1100 g/mol. The van der Waals surface area contributed by atoms with E-state index in [0.717, 1.165) is 10.5 Å². The van der Waals surface area contributed by atoms with Crippen LogP contribution in [0.25, 0.3) is 0 Å². The molecule has 3 fully saturated rings. The number of cyclic esters (lactones) is 1. The number of hydrogen-bond donors (Lipinski definition) is 3. The van der Waals surface area contributed by atoms with Gasteiger partial charge in [0.25, 0.3) is 11.6 Å². The van der Waals surface area contributed by atoms with Crippen molar-refractivity contribution in [3.63, 3.8) is 0 Å². The topological polar surface area (TPSA) is 228 Å². The van der Waals surface area contributed by atoms with Gasteiger partial charge in [-0.3, -0.25) is 38.4 Å². The van der Waals surface area contributed by atoms with Gasteiger partial charge in [-0.25, -0.2) is 4.79 Å². The third-order valence-electron chi connectivity index (χ3n) is 16.4. The van der Waals surface area contributed by atoms with Crippen LogP contribution in [0.1, 0.15) is 126 Å². The SMILES string of the molecule is CCC(C)[C@H]1OC(=O)C2(OC2(C)C)N(C)C(=O)[C@H](CC(C)C)NC(=O)[C@H](C(C)C)N(C)C(=O)[C@H]([C@H](C)CC)NC(=O)[C@@H]2CCCN2C(=O)[C@H](Cc2ccccc2)N(C)C(=O)[C@H](Cc2ccccc2)NC(=O)[C@H](C(C)C)N(C)C1=O. The van der Waals surface area contributed by atoms with Crippen LogP contribution in [0.3, 0.4) is 0 Å². The van der Waals surface area contributed by atoms with Crippen molar-refractivity contribution >= 4 is 53.2 Å². The maximum atomic E-state index is 15.3. The summed E-state index contributed by atoms with van der Waals surface area (Å²) in [5.41, 5.74) is -1.94. The second kappa shape index (κ2) is 26.7. The summed E-state index contributed by atoms with van der Waals surface area (Å²) < 4.78 is 12.3. The number of epoxide rings is 1. The zero-order valence-electron chi connectivity index (χ0n) is 49.7. The summed E-state index contributed by atoms with van der Waals surface area (Å²) in [6.45, 7) is 21.4. The summed E-state index contributed by atoms with van der Waals surface area (Å²) in [6.07, 6.45) is 0.272. The molecule has 1 spiro atoms. The quantitative estimate of drug-likeness (QED) is 0.194. The van der Waals surface area contributed by atoms with Crippen LogP contribution < -0.4 is 16.0 Å². The summed E-state index contributed by atoms with van der Waals surface area (Å²) in [6, 6.07) is 10.1. The Bertz CT molecular complexity index is 2510. The fraction of sp³-hybridized carbons (Fsp3) is 0.650. The third kappa shape index (κ3) is 14.2. The van der Waals surface area contributed by atoms with Gasteiger partial charge in [-0.1, -0.05) is 136 Å². The minimum absolute atomic E-state index is 0.00667. The molecule has 3 saturated heterocycles. The predicted octanol–water partition coefficient (Wildman–Crippen LogP) is 4.74. The molecule has 3 aliphatic heterocycles. The fourth-order valence-corrected chi connectivity index (χ4v) is 11.3. The first-order valence-electron chi connectivity index (χ1n) is 28.3. The number of carbonyl (C=O) groups excluding carboxylic acids is 9. The van der Waals surface area contributed by atoms with Gasteiger partial charge < -0.3 is 49.9 Å². The molecule has 2 unspecified atom stereocenters. The number of esters is 1. The van der Waals surface area contributed by atoms with Gasteiger partial charge >= 0.3 is 5.97 Å². The van der Waals surface area contributed by atoms with Crippen molar-refractivity contribution in [3.05, 3.63) is 71.8 Å². The third-order valence-corrected chi connectivity index (χ3v) is 16.4. The molecule has 5 rings (SSSR count). The molecule has 2 aromatic rings. The number of rotatable bonds is 12. The molecule has 19 heteroatoms. The normalized spacial score (nSPS) is 28.4. The first-order valence-corrected chi connectivity index (χ1v) is 28.3. The smallest absolute Gasteiger partial charge is 0.364 e. The van der Waals surface area contributed by atoms with Crippen molar-refractivity contribution < 1.29 is 52.6 Å². The van der Waals surface area contributed by atoms with E-state index in [1.165, 1.54) is 47.8 Å². The highest BCUT2D eigenvalue weighted by Gasteiger charge is 2.75. The maximum Gasteiger partial charge on any atom is 0.364 e. The first-order chi connectivity index (χ1) is 37.1. The van der Waals surface area contributed by atoms with Crippen LogP contribution in [-0.4, -0.2) is 172 Å². The molecule has 0 aliphatic carbocycles. The number of nitrogens with one attached hydrogen (secondary N) is 3. The van der Waals surface area contributed by atoms with Crippen molar-refractivity contribution in [2.75, 3.05) is 34.7 Å². The van der Waals surface area contributed by atoms with E-state index in [1.54, 1.807) is 48.5 Å². The Labute approximate surface area is 468 Å². The molecule has 3 aliphatic rings. The number of hydrogen-bond acceptors (Lipinski definition) is 11. The molecule has 0 bridgehead atoms. The molecule has 0 saturated carbocycles. The molecule has 19 nitrogen and oxygen atoms in total. The molecular weight excluding hydrogens is 1010 g/mol. The Morgan fingerprint density at radius 1 is 0.582 bits per heavy atom. The van der Waals surface area contributed by atoms with Gasteiger partial charge in [0.15, 0.2) is 6.10 Å². The second-order valence-electron chi connectivity index (χ2n) is 23.8. The molecule has 11 atom stereocenters. The minimum Gasteiger partial charge on any atom is -0.448 e. The number of nitrogens with zero attached hydrogens (tertiary/aromatic N) is 5. The Morgan fingerprint density at radius 2 is 1.08 bits per heavy atom. The second-order valence-corrected chi connectivity index (χ2v) is 23.8. The zero-order valence-corrected chi connectivity index (χ0v) is 49.7. The van der Waals surface area contributed by atoms with E-state index in [9.17, 15) is 33.6 Å². The molecule has 436 valence electrons. The largest absolute Gasteiger partial charge is 0.448 e. The van der Waals surface area contributed by atoms with E-state index in [1.807, 2.05) is 95.3 Å². The van der Waals surface area contributed by atoms with Gasteiger partial charge in [-0.15, -0.1) is 0 Å². The van der Waals surface area contributed by atoms with E-state index in [4.69, 9.17) is 9.47 Å². The van der Waals surface area contributed by atoms with Gasteiger partial charge in [-0.2, -0.15) is 0 Å². The average molecular weight is 1100 g/mol. The maximum absolute atomic E-state index is 15.3. The highest BCUT2D eigenvalue weighted by molar-refractivity contribution is 6.00. The summed E-state index contributed by atoms with van der Waals surface area (Å²) >= 11 is 0. The van der Waals surface area contributed by atoms with Gasteiger partial charge in [0, 0.05) is 53.5 Å². The Balaban J connectivity index is 1.69. The zero-order chi connectivity index (χ0) is 59.0. The Morgan fingerprint density at radius 3 is 1.56 bits per heavy atom. The van der Waals surface area contributed by atoms with E-state index in [2.05, 4.69) is 16.0 Å². The van der Waals surface area contributed by atoms with Crippen LogP contribution in [0.4, 0.5) is 0 Å². The predicted molar refractivity (Wildman–Crippen MR) is 299 cm³/mol. The molecule has 3 N–H and O–H groups in total. The van der Waals surface area contributed by atoms with Gasteiger partial charge in [0.05, 0.1) is 0 Å². The summed E-state index contributed by atoms with van der Waals surface area (Å²) in [5, 5.41) is 8.86. The lowest BCUT2D eigenvalue weighted by molar-refractivity contribution is -0.177. The van der Waals surface area contributed by atoms with Crippen molar-refractivity contribution in [1.29, 1.82) is 0 Å². The lowest BCUT2D eigenvalue weighted by Gasteiger charge is -2.37. The molecule has 0 aromatic heterocycles. The molecule has 2 aromatic carbocycles. The van der Waals surface area contributed by atoms with Crippen molar-refractivity contribution in [2.45, 2.75) is 188 Å². The average Bonchev–Trinajstić information content (AvgIpc) is 3.94. The fourth-order valence-electron chi connectivity index (χ4n) is 11.3. The Hall–Kier alpha value is -6.37. The van der Waals surface area contributed by atoms with Crippen molar-refractivity contribution in [1.82, 2.24) is 40.4 Å². The molecule has 0 radical (unpaired) electrons. The number of ether oxygens (including phenoxy) is 2. The van der Waals surface area contributed by atoms with Crippen LogP contribution in [0.2, 0.25) is 0 Å². The number of fused-ring (bicyclic) bond motifs is 1. The standard InChI is InChI=1S/C60H90N8O11/c1-17-38(9)46-56(75)65(14)47(36(5)6)51(70)61-42(32-35(3)4)54(73)67(16)60(59(11,12)79-60)58(77)78-49(39(10)18-2)57(76)66(15)48(37(7)8)52(71)62-43(33-40-26-21-19-22-27-40)53(72)64(13)45(34-41-28-23-20-24-29-41)55(74)68-31-25-30-44(68)50(69)63-46/h19-24,26-29,35-39,42-49H,17-18,25,30-34H2,1-16H3,(H,61,70)(H,62,71)(H,63,69)/t38-,39?,42+,43+,44+,45+,46+,47+,48+,49-,60?/m1/s1. The number of likely N-dealkylation sites (N-methyl/N-ethyl adjacent to an activating group) is 4. The summed E-state index contributed by atoms with van der Waals surface area (Å²) in [7, 11) is 5.80. The minimum atomic E-state index is -2.05. The lowest BCUT2D eigenvalue weighted by atomic mass is 9.94. The Kier molecular flexibility index (Phi) is 21.5. The summed E-state index contributed by atoms with van der Waals surface area (Å²) in [4.78, 5) is 141. The van der Waals surface area contributed by atoms with Crippen molar-refractivity contribution in [3.8, 4) is 0 Å². The van der Waals surface area contributed by atoms with E-state index >= 15 is 9.59 Å². The molecule has 3 heterocycles. The first kappa shape index (κ1) is 63.5. The highest BCUT2D eigenvalue weighted by Crippen LogP contribution is 2.51. The number of carbonyl (C=O) groups is 9. The van der Waals surface area contributed by atoms with Crippen LogP contribution in [0.5, 0.6) is 0 Å². The lowest BCUT2D eigenvalue weighted by Crippen LogP contribution is -2.62. The van der Waals surface area contributed by atoms with E-state index < -0.39 is 137 Å². The van der Waals surface area contributed by atoms with Crippen LogP contribution in [-0.2, 0) is 65.5 Å². The van der Waals surface area contributed by atoms with Crippen LogP contribution in [0, 0.1) is 29.6 Å². The number of amides is 8. The van der Waals surface area contributed by atoms with Crippen molar-refractivity contribution in [2.24, 2.45) is 29.6 Å². The van der Waals surface area contributed by atoms with E-state index in [0.29, 0.717) is 24.8 Å². The summed E-state index contributed by atoms with van der Waals surface area (Å²) in [5.74, 6) is -8.22. The van der Waals surface area contributed by atoms with Gasteiger partial charge in [0.1, 0.15) is 47.9 Å². The van der Waals surface area contributed by atoms with E-state index in [-0.39, 0.29) is 38.1 Å². The highest BCUT2D eigenvalue weighted by atomic mass is 16.7. The van der Waals surface area contributed by atoms with Crippen LogP contribution >= 0.6 is 0 Å². The number of benzene rings is 2. The van der Waals surface area contributed by atoms with Gasteiger partial charge in [0.2, 0.25) is 41.4 Å². The molecule has 79 heavy (non-hydrogen) atoms. The molecular formula is C60H90N8O11. The molecule has 8 amide bonds.